The summed E-state index contributed by atoms with van der Waals surface area (Å²) in [7, 11) is -1.20. The van der Waals surface area contributed by atoms with Gasteiger partial charge in [-0.05, 0) is 49.2 Å². The summed E-state index contributed by atoms with van der Waals surface area (Å²) >= 11 is 0. The van der Waals surface area contributed by atoms with Crippen molar-refractivity contribution >= 4 is 29.5 Å². The average molecular weight is 526 g/mol. The zero-order valence-corrected chi connectivity index (χ0v) is 21.0. The Morgan fingerprint density at radius 3 is 2.59 bits per heavy atom. The lowest BCUT2D eigenvalue weighted by molar-refractivity contribution is -0.0507. The highest BCUT2D eigenvalue weighted by molar-refractivity contribution is 7.69. The maximum atomic E-state index is 14.8. The SMILES string of the molecule is CN1C(=O)c2cccc(OC(F)F)c2[C@@H]2C[C@@H]1c1nc3ccc(-c4cnc(P(C)(C)=O)c(F)c4)cc3n12. The van der Waals surface area contributed by atoms with Crippen molar-refractivity contribution in [3.05, 3.63) is 71.4 Å². The lowest BCUT2D eigenvalue weighted by atomic mass is 9.97. The molecule has 7 nitrogen and oxygen atoms in total. The topological polar surface area (TPSA) is 77.3 Å². The van der Waals surface area contributed by atoms with Gasteiger partial charge < -0.3 is 18.8 Å². The molecule has 11 heteroatoms. The summed E-state index contributed by atoms with van der Waals surface area (Å²) < 4.78 is 60.4. The largest absolute Gasteiger partial charge is 0.434 e. The van der Waals surface area contributed by atoms with Crippen LogP contribution in [0.25, 0.3) is 22.2 Å². The quantitative estimate of drug-likeness (QED) is 0.342. The van der Waals surface area contributed by atoms with Crippen molar-refractivity contribution < 1.29 is 27.3 Å². The van der Waals surface area contributed by atoms with E-state index in [1.165, 1.54) is 37.7 Å². The second-order valence-corrected chi connectivity index (χ2v) is 12.8. The summed E-state index contributed by atoms with van der Waals surface area (Å²) in [5.41, 5.74) is 3.18. The predicted molar refractivity (Wildman–Crippen MR) is 133 cm³/mol. The first kappa shape index (κ1) is 23.7. The lowest BCUT2D eigenvalue weighted by Gasteiger charge is -2.24. The number of halogens is 3. The van der Waals surface area contributed by atoms with Gasteiger partial charge in [-0.3, -0.25) is 4.79 Å². The van der Waals surface area contributed by atoms with Crippen LogP contribution in [0.3, 0.4) is 0 Å². The molecule has 0 aliphatic carbocycles. The van der Waals surface area contributed by atoms with Crippen LogP contribution in [-0.4, -0.2) is 52.3 Å². The van der Waals surface area contributed by atoms with Gasteiger partial charge in [0.05, 0.1) is 23.1 Å². The molecule has 6 rings (SSSR count). The second kappa shape index (κ2) is 8.18. The molecule has 0 radical (unpaired) electrons. The van der Waals surface area contributed by atoms with Crippen LogP contribution in [0.1, 0.15) is 40.3 Å². The summed E-state index contributed by atoms with van der Waals surface area (Å²) in [5, 5.41) is 0. The minimum Gasteiger partial charge on any atom is -0.434 e. The monoisotopic (exact) mass is 526 g/mol. The van der Waals surface area contributed by atoms with Crippen molar-refractivity contribution in [2.75, 3.05) is 20.4 Å². The van der Waals surface area contributed by atoms with Gasteiger partial charge in [0.25, 0.3) is 5.91 Å². The normalized spacial score (nSPS) is 18.8. The third-order valence-corrected chi connectivity index (χ3v) is 8.42. The highest BCUT2D eigenvalue weighted by Crippen LogP contribution is 2.50. The van der Waals surface area contributed by atoms with Gasteiger partial charge in [-0.1, -0.05) is 12.1 Å². The Hall–Kier alpha value is -3.65. The Morgan fingerprint density at radius 1 is 1.11 bits per heavy atom. The molecule has 2 aromatic carbocycles. The molecule has 2 aliphatic rings. The zero-order chi connectivity index (χ0) is 26.2. The zero-order valence-electron chi connectivity index (χ0n) is 20.2. The summed E-state index contributed by atoms with van der Waals surface area (Å²) in [6, 6.07) is 10.5. The molecule has 1 amide bonds. The van der Waals surface area contributed by atoms with Gasteiger partial charge in [-0.15, -0.1) is 0 Å². The molecule has 0 spiro atoms. The number of ether oxygens (including phenoxy) is 1. The van der Waals surface area contributed by atoms with E-state index in [9.17, 15) is 22.5 Å². The molecule has 2 aliphatic heterocycles. The number of rotatable bonds is 4. The van der Waals surface area contributed by atoms with Crippen LogP contribution in [0.4, 0.5) is 13.2 Å². The van der Waals surface area contributed by atoms with E-state index in [1.54, 1.807) is 30.1 Å². The van der Waals surface area contributed by atoms with E-state index >= 15 is 0 Å². The van der Waals surface area contributed by atoms with Crippen LogP contribution >= 0.6 is 7.14 Å². The summed E-state index contributed by atoms with van der Waals surface area (Å²) in [6.45, 7) is -0.116. The van der Waals surface area contributed by atoms with E-state index in [0.29, 0.717) is 45.5 Å². The Kier molecular flexibility index (Phi) is 5.25. The fourth-order valence-electron chi connectivity index (χ4n) is 5.44. The number of hydrogen-bond donors (Lipinski definition) is 0. The molecular weight excluding hydrogens is 504 g/mol. The Balaban J connectivity index is 1.54. The van der Waals surface area contributed by atoms with Crippen molar-refractivity contribution in [2.45, 2.75) is 25.1 Å². The molecule has 0 N–H and O–H groups in total. The predicted octanol–water partition coefficient (Wildman–Crippen LogP) is 5.21. The van der Waals surface area contributed by atoms with Gasteiger partial charge in [-0.2, -0.15) is 8.78 Å². The molecule has 0 unspecified atom stereocenters. The van der Waals surface area contributed by atoms with E-state index in [4.69, 9.17) is 9.72 Å². The highest BCUT2D eigenvalue weighted by atomic mass is 31.2. The van der Waals surface area contributed by atoms with Crippen LogP contribution < -0.4 is 10.2 Å². The number of imidazole rings is 1. The Morgan fingerprint density at radius 2 is 1.89 bits per heavy atom. The van der Waals surface area contributed by atoms with Gasteiger partial charge in [0, 0.05) is 36.4 Å². The molecule has 4 aromatic rings. The maximum Gasteiger partial charge on any atom is 0.387 e. The number of amides is 1. The van der Waals surface area contributed by atoms with Gasteiger partial charge in [-0.25, -0.2) is 14.4 Å². The first-order valence-corrected chi connectivity index (χ1v) is 14.2. The fourth-order valence-corrected chi connectivity index (χ4v) is 6.36. The standard InChI is InChI=1S/C26H22F3N4O3P/c1-32-20-11-19(22-15(25(32)34)5-4-6-21(22)36-26(28)29)33-18-10-13(7-8-17(18)31-23(20)33)14-9-16(27)24(30-12-14)37(2,3)35/h4-10,12,19-20,26H,11H2,1-3H3/t19-,20+/m0/s1. The van der Waals surface area contributed by atoms with Crippen molar-refractivity contribution in [2.24, 2.45) is 0 Å². The molecule has 37 heavy (non-hydrogen) atoms. The van der Waals surface area contributed by atoms with Crippen LogP contribution in [0.5, 0.6) is 5.75 Å². The molecule has 2 bridgehead atoms. The van der Waals surface area contributed by atoms with Crippen molar-refractivity contribution in [1.82, 2.24) is 19.4 Å². The van der Waals surface area contributed by atoms with Gasteiger partial charge >= 0.3 is 6.61 Å². The van der Waals surface area contributed by atoms with Gasteiger partial charge in [0.15, 0.2) is 5.82 Å². The minimum absolute atomic E-state index is 0.0452. The number of pyridine rings is 1. The first-order chi connectivity index (χ1) is 17.5. The number of aromatic nitrogens is 3. The molecule has 2 aromatic heterocycles. The van der Waals surface area contributed by atoms with Gasteiger partial charge in [0.2, 0.25) is 0 Å². The highest BCUT2D eigenvalue weighted by Gasteiger charge is 2.45. The summed E-state index contributed by atoms with van der Waals surface area (Å²) in [6.07, 6.45) is 1.94. The number of benzene rings is 2. The smallest absolute Gasteiger partial charge is 0.387 e. The summed E-state index contributed by atoms with van der Waals surface area (Å²) in [4.78, 5) is 23.7. The average Bonchev–Trinajstić information content (AvgIpc) is 3.35. The summed E-state index contributed by atoms with van der Waals surface area (Å²) in [5.74, 6) is -0.328. The number of nitrogens with zero attached hydrogens (tertiary/aromatic N) is 4. The molecular formula is C26H22F3N4O3P. The number of fused-ring (bicyclic) bond motifs is 9. The van der Waals surface area contributed by atoms with Crippen LogP contribution in [0.15, 0.2) is 48.7 Å². The van der Waals surface area contributed by atoms with Crippen LogP contribution in [-0.2, 0) is 4.57 Å². The molecule has 0 fully saturated rings. The van der Waals surface area contributed by atoms with E-state index in [0.717, 1.165) is 0 Å². The van der Waals surface area contributed by atoms with Crippen molar-refractivity contribution in [1.29, 1.82) is 0 Å². The van der Waals surface area contributed by atoms with E-state index in [2.05, 4.69) is 4.98 Å². The minimum atomic E-state index is -3.04. The molecule has 2 atom stereocenters. The van der Waals surface area contributed by atoms with Crippen LogP contribution in [0, 0.1) is 5.82 Å². The van der Waals surface area contributed by atoms with Crippen LogP contribution in [0.2, 0.25) is 0 Å². The van der Waals surface area contributed by atoms with Crippen molar-refractivity contribution in [3.63, 3.8) is 0 Å². The fraction of sp³-hybridized carbons (Fsp3) is 0.269. The Bertz CT molecular complexity index is 1650. The third kappa shape index (κ3) is 3.65. The second-order valence-electron chi connectivity index (χ2n) is 9.70. The van der Waals surface area contributed by atoms with E-state index < -0.39 is 25.6 Å². The van der Waals surface area contributed by atoms with E-state index in [-0.39, 0.29) is 23.1 Å². The number of carbonyl (C=O) groups excluding carboxylic acids is 1. The maximum absolute atomic E-state index is 14.8. The van der Waals surface area contributed by atoms with E-state index in [1.807, 2.05) is 10.6 Å². The number of alkyl halides is 2. The number of hydrogen-bond acceptors (Lipinski definition) is 5. The molecule has 0 saturated heterocycles. The molecule has 190 valence electrons. The lowest BCUT2D eigenvalue weighted by Crippen LogP contribution is -2.30. The van der Waals surface area contributed by atoms with Crippen molar-refractivity contribution in [3.8, 4) is 16.9 Å². The number of carbonyl (C=O) groups is 1. The third-order valence-electron chi connectivity index (χ3n) is 7.07. The first-order valence-electron chi connectivity index (χ1n) is 11.6. The molecule has 4 heterocycles. The van der Waals surface area contributed by atoms with Gasteiger partial charge in [0.1, 0.15) is 24.2 Å². The Labute approximate surface area is 210 Å². The molecule has 0 saturated carbocycles.